The first-order valence-electron chi connectivity index (χ1n) is 5.62. The van der Waals surface area contributed by atoms with Gasteiger partial charge in [-0.15, -0.1) is 0 Å². The van der Waals surface area contributed by atoms with Crippen molar-refractivity contribution in [2.24, 2.45) is 5.92 Å². The van der Waals surface area contributed by atoms with E-state index in [1.54, 1.807) is 16.8 Å². The minimum atomic E-state index is -3.54. The largest absolute Gasteiger partial charge is 0.481 e. The standard InChI is InChI=1S/C11H15O6PS/c12-10(13)2-1-8(11(14)15)3-5-18(16,17)9-4-6-19-7-9/h4,6-8H,1-3,5H2,(H,12,13)(H,14,15)(H,16,17). The van der Waals surface area contributed by atoms with E-state index in [1.807, 2.05) is 0 Å². The summed E-state index contributed by atoms with van der Waals surface area (Å²) in [7, 11) is -3.54. The van der Waals surface area contributed by atoms with Crippen molar-refractivity contribution >= 4 is 35.9 Å². The van der Waals surface area contributed by atoms with Crippen molar-refractivity contribution in [1.29, 1.82) is 0 Å². The molecule has 1 heterocycles. The molecular formula is C11H15O6PS. The first-order chi connectivity index (χ1) is 8.83. The van der Waals surface area contributed by atoms with Crippen LogP contribution in [0.4, 0.5) is 0 Å². The van der Waals surface area contributed by atoms with Gasteiger partial charge in [0.2, 0.25) is 7.37 Å². The second kappa shape index (κ2) is 6.84. The lowest BCUT2D eigenvalue weighted by Crippen LogP contribution is -2.18. The van der Waals surface area contributed by atoms with Crippen LogP contribution in [0.25, 0.3) is 0 Å². The molecule has 6 nitrogen and oxygen atoms in total. The van der Waals surface area contributed by atoms with Gasteiger partial charge in [0, 0.05) is 23.3 Å². The van der Waals surface area contributed by atoms with Crippen molar-refractivity contribution in [1.82, 2.24) is 0 Å². The maximum atomic E-state index is 12.0. The first-order valence-corrected chi connectivity index (χ1v) is 8.41. The third-order valence-corrected chi connectivity index (χ3v) is 5.55. The molecule has 0 radical (unpaired) electrons. The molecule has 0 aromatic carbocycles. The summed E-state index contributed by atoms with van der Waals surface area (Å²) in [6, 6.07) is 1.54. The van der Waals surface area contributed by atoms with Crippen molar-refractivity contribution < 1.29 is 29.3 Å². The van der Waals surface area contributed by atoms with E-state index in [9.17, 15) is 19.0 Å². The third kappa shape index (κ3) is 5.14. The summed E-state index contributed by atoms with van der Waals surface area (Å²) in [6.45, 7) is 0. The number of hydrogen-bond acceptors (Lipinski definition) is 4. The van der Waals surface area contributed by atoms with Gasteiger partial charge in [0.15, 0.2) is 0 Å². The fourth-order valence-corrected chi connectivity index (χ4v) is 4.30. The molecule has 8 heteroatoms. The van der Waals surface area contributed by atoms with Crippen molar-refractivity contribution in [3.05, 3.63) is 16.8 Å². The number of carboxylic acid groups (broad SMARTS) is 2. The van der Waals surface area contributed by atoms with Crippen LogP contribution >= 0.6 is 18.7 Å². The first kappa shape index (κ1) is 15.9. The molecule has 0 aliphatic rings. The van der Waals surface area contributed by atoms with Gasteiger partial charge in [-0.05, 0) is 24.3 Å². The normalized spacial score (nSPS) is 15.6. The molecule has 1 aromatic rings. The molecule has 3 N–H and O–H groups in total. The number of carbonyl (C=O) groups is 2. The predicted molar refractivity (Wildman–Crippen MR) is 71.3 cm³/mol. The maximum absolute atomic E-state index is 12.0. The summed E-state index contributed by atoms with van der Waals surface area (Å²) in [5.74, 6) is -3.11. The minimum absolute atomic E-state index is 0.00770. The molecule has 0 aliphatic heterocycles. The molecule has 0 bridgehead atoms. The summed E-state index contributed by atoms with van der Waals surface area (Å²) in [5.41, 5.74) is 0. The average molecular weight is 306 g/mol. The van der Waals surface area contributed by atoms with Crippen molar-refractivity contribution in [2.45, 2.75) is 19.3 Å². The molecule has 2 unspecified atom stereocenters. The Morgan fingerprint density at radius 3 is 2.47 bits per heavy atom. The SMILES string of the molecule is O=C(O)CCC(CCP(=O)(O)c1ccsc1)C(=O)O. The molecule has 19 heavy (non-hydrogen) atoms. The highest BCUT2D eigenvalue weighted by Gasteiger charge is 2.26. The molecule has 0 amide bonds. The number of rotatable bonds is 8. The van der Waals surface area contributed by atoms with Gasteiger partial charge in [0.25, 0.3) is 0 Å². The molecule has 0 saturated carbocycles. The summed E-state index contributed by atoms with van der Waals surface area (Å²) in [6.07, 6.45) is -0.452. The lowest BCUT2D eigenvalue weighted by Gasteiger charge is -2.14. The summed E-state index contributed by atoms with van der Waals surface area (Å²) in [4.78, 5) is 31.2. The van der Waals surface area contributed by atoms with Crippen molar-refractivity contribution in [3.63, 3.8) is 0 Å². The molecule has 1 rings (SSSR count). The highest BCUT2D eigenvalue weighted by atomic mass is 32.1. The van der Waals surface area contributed by atoms with E-state index >= 15 is 0 Å². The zero-order valence-corrected chi connectivity index (χ0v) is 11.8. The second-order valence-corrected chi connectivity index (χ2v) is 7.31. The van der Waals surface area contributed by atoms with E-state index in [-0.39, 0.29) is 25.4 Å². The van der Waals surface area contributed by atoms with Crippen LogP contribution in [0.1, 0.15) is 19.3 Å². The molecule has 0 fully saturated rings. The lowest BCUT2D eigenvalue weighted by atomic mass is 10.0. The van der Waals surface area contributed by atoms with Crippen LogP contribution in [0.3, 0.4) is 0 Å². The zero-order valence-electron chi connectivity index (χ0n) is 10.1. The van der Waals surface area contributed by atoms with Crippen LogP contribution < -0.4 is 5.30 Å². The van der Waals surface area contributed by atoms with Crippen LogP contribution in [0, 0.1) is 5.92 Å². The summed E-state index contributed by atoms with van der Waals surface area (Å²) in [5, 5.41) is 21.0. The Morgan fingerprint density at radius 2 is 2.00 bits per heavy atom. The van der Waals surface area contributed by atoms with Gasteiger partial charge < -0.3 is 15.1 Å². The van der Waals surface area contributed by atoms with Gasteiger partial charge in [-0.3, -0.25) is 14.2 Å². The van der Waals surface area contributed by atoms with Crippen molar-refractivity contribution in [3.8, 4) is 0 Å². The molecule has 2 atom stereocenters. The van der Waals surface area contributed by atoms with Gasteiger partial charge in [0.05, 0.1) is 5.92 Å². The van der Waals surface area contributed by atoms with Gasteiger partial charge >= 0.3 is 11.9 Å². The Labute approximate surface area is 114 Å². The Balaban J connectivity index is 2.59. The van der Waals surface area contributed by atoms with Crippen LogP contribution in [-0.2, 0) is 14.2 Å². The Kier molecular flexibility index (Phi) is 5.72. The highest BCUT2D eigenvalue weighted by molar-refractivity contribution is 7.66. The molecule has 0 saturated heterocycles. The number of carboxylic acids is 2. The quantitative estimate of drug-likeness (QED) is 0.629. The molecule has 1 aromatic heterocycles. The van der Waals surface area contributed by atoms with E-state index in [4.69, 9.17) is 10.2 Å². The van der Waals surface area contributed by atoms with Crippen molar-refractivity contribution in [2.75, 3.05) is 6.16 Å². The smallest absolute Gasteiger partial charge is 0.306 e. The third-order valence-electron chi connectivity index (χ3n) is 2.75. The van der Waals surface area contributed by atoms with Gasteiger partial charge in [-0.2, -0.15) is 11.3 Å². The average Bonchev–Trinajstić information content (AvgIpc) is 2.81. The Bertz CT molecular complexity index is 483. The fourth-order valence-electron chi connectivity index (χ4n) is 1.61. The second-order valence-electron chi connectivity index (χ2n) is 4.16. The van der Waals surface area contributed by atoms with Gasteiger partial charge in [-0.25, -0.2) is 0 Å². The molecule has 106 valence electrons. The number of hydrogen-bond donors (Lipinski definition) is 3. The predicted octanol–water partition coefficient (Wildman–Crippen LogP) is 1.60. The number of thiophene rings is 1. The highest BCUT2D eigenvalue weighted by Crippen LogP contribution is 2.41. The topological polar surface area (TPSA) is 112 Å². The monoisotopic (exact) mass is 306 g/mol. The summed E-state index contributed by atoms with van der Waals surface area (Å²) < 4.78 is 12.0. The number of aliphatic carboxylic acids is 2. The maximum Gasteiger partial charge on any atom is 0.306 e. The zero-order chi connectivity index (χ0) is 14.5. The minimum Gasteiger partial charge on any atom is -0.481 e. The Morgan fingerprint density at radius 1 is 1.32 bits per heavy atom. The van der Waals surface area contributed by atoms with Gasteiger partial charge in [-0.1, -0.05) is 0 Å². The van der Waals surface area contributed by atoms with E-state index in [2.05, 4.69) is 0 Å². The van der Waals surface area contributed by atoms with E-state index < -0.39 is 25.2 Å². The molecule has 0 spiro atoms. The lowest BCUT2D eigenvalue weighted by molar-refractivity contribution is -0.143. The summed E-state index contributed by atoms with van der Waals surface area (Å²) >= 11 is 1.29. The van der Waals surface area contributed by atoms with E-state index in [0.717, 1.165) is 0 Å². The molecular weight excluding hydrogens is 291 g/mol. The van der Waals surface area contributed by atoms with E-state index in [1.165, 1.54) is 11.3 Å². The van der Waals surface area contributed by atoms with Crippen LogP contribution in [0.15, 0.2) is 16.8 Å². The fraction of sp³-hybridized carbons (Fsp3) is 0.455. The Hall–Kier alpha value is -1.17. The van der Waals surface area contributed by atoms with Crippen LogP contribution in [-0.4, -0.2) is 33.2 Å². The van der Waals surface area contributed by atoms with Crippen LogP contribution in [0.2, 0.25) is 0 Å². The van der Waals surface area contributed by atoms with Gasteiger partial charge in [0.1, 0.15) is 0 Å². The van der Waals surface area contributed by atoms with E-state index in [0.29, 0.717) is 5.30 Å². The molecule has 0 aliphatic carbocycles. The van der Waals surface area contributed by atoms with Crippen LogP contribution in [0.5, 0.6) is 0 Å².